The molecule has 6 nitrogen and oxygen atoms in total. The molecule has 0 amide bonds. The summed E-state index contributed by atoms with van der Waals surface area (Å²) in [4.78, 5) is 22.6. The molecule has 134 valence electrons. The predicted molar refractivity (Wildman–Crippen MR) is 97.3 cm³/mol. The number of aryl methyl sites for hydroxylation is 1. The number of thioether (sulfide) groups is 1. The van der Waals surface area contributed by atoms with Crippen molar-refractivity contribution < 1.29 is 14.3 Å². The number of carboxylic acids is 1. The van der Waals surface area contributed by atoms with Crippen molar-refractivity contribution in [3.8, 4) is 0 Å². The van der Waals surface area contributed by atoms with Gasteiger partial charge in [-0.3, -0.25) is 0 Å². The fourth-order valence-corrected chi connectivity index (χ4v) is 3.76. The van der Waals surface area contributed by atoms with Gasteiger partial charge < -0.3 is 14.4 Å². The summed E-state index contributed by atoms with van der Waals surface area (Å²) in [6.45, 7) is 5.37. The van der Waals surface area contributed by atoms with Gasteiger partial charge in [-0.05, 0) is 44.7 Å². The molecule has 1 N–H and O–H groups in total. The Kier molecular flexibility index (Phi) is 5.63. The van der Waals surface area contributed by atoms with Gasteiger partial charge in [0.1, 0.15) is 11.6 Å². The molecule has 25 heavy (non-hydrogen) atoms. The summed E-state index contributed by atoms with van der Waals surface area (Å²) in [5.41, 5.74) is 1.02. The zero-order valence-electron chi connectivity index (χ0n) is 14.6. The molecule has 2 aromatic heterocycles. The molecule has 7 heteroatoms. The lowest BCUT2D eigenvalue weighted by Crippen LogP contribution is -2.38. The standard InChI is InChI=1S/C18H23N3O3S/c1-3-13-10-16(21-9-5-4-6-12(21)2)20-18(19-13)25-11-14-7-8-15(24-14)17(22)23/h7-8,10,12H,3-6,9,11H2,1-2H3,(H,22,23)/t12-/m0/s1. The predicted octanol–water partition coefficient (Wildman–Crippen LogP) is 4.00. The van der Waals surface area contributed by atoms with E-state index in [-0.39, 0.29) is 5.76 Å². The monoisotopic (exact) mass is 361 g/mol. The van der Waals surface area contributed by atoms with Crippen molar-refractivity contribution >= 4 is 23.5 Å². The minimum absolute atomic E-state index is 0.0401. The molecular weight excluding hydrogens is 338 g/mol. The Balaban J connectivity index is 1.75. The fraction of sp³-hybridized carbons (Fsp3) is 0.500. The van der Waals surface area contributed by atoms with Gasteiger partial charge in [-0.15, -0.1) is 0 Å². The number of hydrogen-bond donors (Lipinski definition) is 1. The number of piperidine rings is 1. The fourth-order valence-electron chi connectivity index (χ4n) is 3.00. The number of carboxylic acid groups (broad SMARTS) is 1. The number of furan rings is 1. The highest BCUT2D eigenvalue weighted by molar-refractivity contribution is 7.98. The van der Waals surface area contributed by atoms with Gasteiger partial charge in [0.25, 0.3) is 0 Å². The van der Waals surface area contributed by atoms with Gasteiger partial charge in [0.15, 0.2) is 5.16 Å². The number of aromatic nitrogens is 2. The molecule has 3 heterocycles. The number of rotatable bonds is 6. The molecule has 3 rings (SSSR count). The molecule has 0 aromatic carbocycles. The summed E-state index contributed by atoms with van der Waals surface area (Å²) in [6, 6.07) is 5.74. The quantitative estimate of drug-likeness (QED) is 0.615. The highest BCUT2D eigenvalue weighted by Crippen LogP contribution is 2.27. The molecule has 2 aromatic rings. The molecule has 0 unspecified atom stereocenters. The Labute approximate surface area is 151 Å². The summed E-state index contributed by atoms with van der Waals surface area (Å²) in [7, 11) is 0. The topological polar surface area (TPSA) is 79.5 Å². The zero-order chi connectivity index (χ0) is 17.8. The number of anilines is 1. The van der Waals surface area contributed by atoms with Gasteiger partial charge in [-0.2, -0.15) is 0 Å². The van der Waals surface area contributed by atoms with Crippen LogP contribution < -0.4 is 4.90 Å². The van der Waals surface area contributed by atoms with Crippen LogP contribution in [0.5, 0.6) is 0 Å². The lowest BCUT2D eigenvalue weighted by molar-refractivity contribution is 0.0661. The van der Waals surface area contributed by atoms with Crippen molar-refractivity contribution in [2.75, 3.05) is 11.4 Å². The summed E-state index contributed by atoms with van der Waals surface area (Å²) in [5, 5.41) is 9.64. The van der Waals surface area contributed by atoms with Crippen molar-refractivity contribution in [3.05, 3.63) is 35.4 Å². The molecule has 0 spiro atoms. The molecule has 0 bridgehead atoms. The first-order chi connectivity index (χ1) is 12.1. The molecule has 0 aliphatic carbocycles. The Hall–Kier alpha value is -2.02. The van der Waals surface area contributed by atoms with E-state index < -0.39 is 5.97 Å². The van der Waals surface area contributed by atoms with Crippen LogP contribution in [0, 0.1) is 0 Å². The largest absolute Gasteiger partial charge is 0.475 e. The molecule has 1 fully saturated rings. The second kappa shape index (κ2) is 7.91. The third-order valence-corrected chi connectivity index (χ3v) is 5.29. The van der Waals surface area contributed by atoms with E-state index in [1.54, 1.807) is 6.07 Å². The zero-order valence-corrected chi connectivity index (χ0v) is 15.4. The van der Waals surface area contributed by atoms with Gasteiger partial charge in [-0.1, -0.05) is 18.7 Å². The molecular formula is C18H23N3O3S. The highest BCUT2D eigenvalue weighted by Gasteiger charge is 2.21. The normalized spacial score (nSPS) is 17.7. The van der Waals surface area contributed by atoms with E-state index in [0.29, 0.717) is 22.7 Å². The number of aromatic carboxylic acids is 1. The summed E-state index contributed by atoms with van der Waals surface area (Å²) < 4.78 is 5.30. The first-order valence-corrected chi connectivity index (χ1v) is 9.64. The maximum atomic E-state index is 10.9. The van der Waals surface area contributed by atoms with E-state index in [1.807, 2.05) is 0 Å². The Morgan fingerprint density at radius 1 is 1.40 bits per heavy atom. The first-order valence-electron chi connectivity index (χ1n) is 8.66. The lowest BCUT2D eigenvalue weighted by atomic mass is 10.0. The molecule has 0 saturated carbocycles. The summed E-state index contributed by atoms with van der Waals surface area (Å²) in [5.74, 6) is 1.02. The SMILES string of the molecule is CCc1cc(N2CCCC[C@@H]2C)nc(SCc2ccc(C(=O)O)o2)n1. The van der Waals surface area contributed by atoms with Crippen LogP contribution in [0.2, 0.25) is 0 Å². The Morgan fingerprint density at radius 3 is 2.92 bits per heavy atom. The van der Waals surface area contributed by atoms with Crippen LogP contribution in [0.1, 0.15) is 55.1 Å². The van der Waals surface area contributed by atoms with Crippen LogP contribution in [0.25, 0.3) is 0 Å². The molecule has 1 saturated heterocycles. The van der Waals surface area contributed by atoms with Crippen molar-refractivity contribution in [2.45, 2.75) is 56.5 Å². The smallest absolute Gasteiger partial charge is 0.371 e. The van der Waals surface area contributed by atoms with E-state index in [0.717, 1.165) is 24.5 Å². The van der Waals surface area contributed by atoms with Crippen LogP contribution in [0.15, 0.2) is 27.8 Å². The van der Waals surface area contributed by atoms with Gasteiger partial charge in [0, 0.05) is 24.3 Å². The average molecular weight is 361 g/mol. The van der Waals surface area contributed by atoms with E-state index in [2.05, 4.69) is 29.8 Å². The minimum Gasteiger partial charge on any atom is -0.475 e. The Morgan fingerprint density at radius 2 is 2.24 bits per heavy atom. The Bertz CT molecular complexity index is 747. The number of carbonyl (C=O) groups is 1. The van der Waals surface area contributed by atoms with Gasteiger partial charge >= 0.3 is 5.97 Å². The van der Waals surface area contributed by atoms with Crippen LogP contribution in [0.3, 0.4) is 0 Å². The summed E-state index contributed by atoms with van der Waals surface area (Å²) in [6.07, 6.45) is 4.52. The lowest BCUT2D eigenvalue weighted by Gasteiger charge is -2.34. The van der Waals surface area contributed by atoms with Gasteiger partial charge in [0.2, 0.25) is 5.76 Å². The summed E-state index contributed by atoms with van der Waals surface area (Å²) >= 11 is 1.47. The van der Waals surface area contributed by atoms with Gasteiger partial charge in [-0.25, -0.2) is 14.8 Å². The van der Waals surface area contributed by atoms with E-state index in [9.17, 15) is 4.79 Å². The minimum atomic E-state index is -1.05. The van der Waals surface area contributed by atoms with E-state index >= 15 is 0 Å². The first kappa shape index (κ1) is 17.8. The molecule has 1 aliphatic heterocycles. The van der Waals surface area contributed by atoms with E-state index in [4.69, 9.17) is 14.5 Å². The number of nitrogens with zero attached hydrogens (tertiary/aromatic N) is 3. The maximum absolute atomic E-state index is 10.9. The molecule has 1 aliphatic rings. The van der Waals surface area contributed by atoms with Crippen LogP contribution in [-0.4, -0.2) is 33.6 Å². The van der Waals surface area contributed by atoms with Crippen LogP contribution in [-0.2, 0) is 12.2 Å². The van der Waals surface area contributed by atoms with Crippen molar-refractivity contribution in [1.29, 1.82) is 0 Å². The van der Waals surface area contributed by atoms with Crippen LogP contribution >= 0.6 is 11.8 Å². The van der Waals surface area contributed by atoms with Crippen LogP contribution in [0.4, 0.5) is 5.82 Å². The van der Waals surface area contributed by atoms with Crippen molar-refractivity contribution in [3.63, 3.8) is 0 Å². The second-order valence-electron chi connectivity index (χ2n) is 6.25. The third-order valence-electron chi connectivity index (χ3n) is 4.42. The van der Waals surface area contributed by atoms with E-state index in [1.165, 1.54) is 37.1 Å². The maximum Gasteiger partial charge on any atom is 0.371 e. The number of hydrogen-bond acceptors (Lipinski definition) is 6. The second-order valence-corrected chi connectivity index (χ2v) is 7.19. The molecule has 1 atom stereocenters. The van der Waals surface area contributed by atoms with Crippen molar-refractivity contribution in [2.24, 2.45) is 0 Å². The van der Waals surface area contributed by atoms with Crippen molar-refractivity contribution in [1.82, 2.24) is 9.97 Å². The molecule has 0 radical (unpaired) electrons. The average Bonchev–Trinajstić information content (AvgIpc) is 3.09. The van der Waals surface area contributed by atoms with Gasteiger partial charge in [0.05, 0.1) is 5.75 Å². The highest BCUT2D eigenvalue weighted by atomic mass is 32.2. The third kappa shape index (κ3) is 4.34.